The molecule has 0 unspecified atom stereocenters. The molecule has 1 aliphatic carbocycles. The number of rotatable bonds is 5. The summed E-state index contributed by atoms with van der Waals surface area (Å²) in [6, 6.07) is 0. The molecule has 6 heteroatoms. The second-order valence-corrected chi connectivity index (χ2v) is 6.64. The van der Waals surface area contributed by atoms with E-state index in [1.807, 2.05) is 4.90 Å². The van der Waals surface area contributed by atoms with Gasteiger partial charge in [-0.25, -0.2) is 0 Å². The number of carbonyl (C=O) groups excluding carboxylic acids is 2. The summed E-state index contributed by atoms with van der Waals surface area (Å²) < 4.78 is 4.87. The van der Waals surface area contributed by atoms with Crippen molar-refractivity contribution in [2.24, 2.45) is 11.1 Å². The quantitative estimate of drug-likeness (QED) is 0.807. The summed E-state index contributed by atoms with van der Waals surface area (Å²) in [5.41, 5.74) is 5.99. The summed E-state index contributed by atoms with van der Waals surface area (Å²) in [6.45, 7) is 3.16. The molecule has 2 rings (SSSR count). The minimum atomic E-state index is 0.000285. The number of methoxy groups -OCH3 is 1. The van der Waals surface area contributed by atoms with Crippen LogP contribution in [0.5, 0.6) is 0 Å². The monoisotopic (exact) mass is 311 g/mol. The van der Waals surface area contributed by atoms with Gasteiger partial charge in [0.05, 0.1) is 0 Å². The van der Waals surface area contributed by atoms with Crippen molar-refractivity contribution >= 4 is 11.8 Å². The number of hydrogen-bond donors (Lipinski definition) is 1. The van der Waals surface area contributed by atoms with Gasteiger partial charge in [0, 0.05) is 39.7 Å². The standard InChI is InChI=1S/C16H29N3O3/c1-22-12-15(21)19-9-7-18(8-10-19)14(20)11-16(13-17)5-3-2-4-6-16/h2-13,17H2,1H3. The van der Waals surface area contributed by atoms with Gasteiger partial charge in [-0.05, 0) is 24.8 Å². The van der Waals surface area contributed by atoms with Gasteiger partial charge in [0.1, 0.15) is 6.61 Å². The molecule has 1 saturated carbocycles. The fourth-order valence-corrected chi connectivity index (χ4v) is 3.61. The maximum Gasteiger partial charge on any atom is 0.248 e. The molecule has 1 aliphatic heterocycles. The van der Waals surface area contributed by atoms with Gasteiger partial charge in [0.15, 0.2) is 0 Å². The predicted octanol–water partition coefficient (Wildman–Crippen LogP) is 0.603. The molecule has 2 N–H and O–H groups in total. The van der Waals surface area contributed by atoms with Gasteiger partial charge in [-0.15, -0.1) is 0 Å². The highest BCUT2D eigenvalue weighted by Gasteiger charge is 2.35. The lowest BCUT2D eigenvalue weighted by Crippen LogP contribution is -2.52. The normalized spacial score (nSPS) is 21.7. The molecule has 1 saturated heterocycles. The minimum Gasteiger partial charge on any atom is -0.375 e. The van der Waals surface area contributed by atoms with E-state index < -0.39 is 0 Å². The molecule has 2 fully saturated rings. The van der Waals surface area contributed by atoms with Crippen LogP contribution in [-0.4, -0.2) is 68.1 Å². The Bertz CT molecular complexity index is 386. The van der Waals surface area contributed by atoms with E-state index in [4.69, 9.17) is 10.5 Å². The van der Waals surface area contributed by atoms with Gasteiger partial charge in [-0.3, -0.25) is 9.59 Å². The molecular formula is C16H29N3O3. The van der Waals surface area contributed by atoms with Crippen molar-refractivity contribution in [1.29, 1.82) is 0 Å². The number of piperazine rings is 1. The zero-order chi connectivity index (χ0) is 16.0. The average Bonchev–Trinajstić information content (AvgIpc) is 2.56. The molecular weight excluding hydrogens is 282 g/mol. The van der Waals surface area contributed by atoms with Crippen LogP contribution in [0, 0.1) is 5.41 Å². The second kappa shape index (κ2) is 7.92. The Kier molecular flexibility index (Phi) is 6.20. The highest BCUT2D eigenvalue weighted by molar-refractivity contribution is 5.79. The Morgan fingerprint density at radius 1 is 1.00 bits per heavy atom. The maximum absolute atomic E-state index is 12.6. The van der Waals surface area contributed by atoms with Crippen molar-refractivity contribution in [2.45, 2.75) is 38.5 Å². The predicted molar refractivity (Wildman–Crippen MR) is 84.2 cm³/mol. The van der Waals surface area contributed by atoms with Crippen molar-refractivity contribution in [3.05, 3.63) is 0 Å². The summed E-state index contributed by atoms with van der Waals surface area (Å²) >= 11 is 0. The third-order valence-electron chi connectivity index (χ3n) is 5.13. The molecule has 0 aromatic heterocycles. The van der Waals surface area contributed by atoms with E-state index in [1.54, 1.807) is 4.90 Å². The van der Waals surface area contributed by atoms with E-state index in [2.05, 4.69) is 0 Å². The molecule has 2 amide bonds. The van der Waals surface area contributed by atoms with E-state index in [0.717, 1.165) is 12.8 Å². The maximum atomic E-state index is 12.6. The Morgan fingerprint density at radius 3 is 2.05 bits per heavy atom. The average molecular weight is 311 g/mol. The van der Waals surface area contributed by atoms with Crippen LogP contribution in [0.15, 0.2) is 0 Å². The highest BCUT2D eigenvalue weighted by Crippen LogP contribution is 2.38. The molecule has 1 heterocycles. The first-order valence-corrected chi connectivity index (χ1v) is 8.35. The van der Waals surface area contributed by atoms with E-state index in [-0.39, 0.29) is 23.8 Å². The Hall–Kier alpha value is -1.14. The Labute approximate surface area is 132 Å². The fourth-order valence-electron chi connectivity index (χ4n) is 3.61. The van der Waals surface area contributed by atoms with Crippen LogP contribution in [0.1, 0.15) is 38.5 Å². The molecule has 126 valence electrons. The topological polar surface area (TPSA) is 75.9 Å². The molecule has 2 aliphatic rings. The first-order chi connectivity index (χ1) is 10.6. The lowest BCUT2D eigenvalue weighted by Gasteiger charge is -2.39. The van der Waals surface area contributed by atoms with Gasteiger partial charge in [-0.1, -0.05) is 19.3 Å². The Morgan fingerprint density at radius 2 is 1.55 bits per heavy atom. The van der Waals surface area contributed by atoms with Gasteiger partial charge < -0.3 is 20.3 Å². The smallest absolute Gasteiger partial charge is 0.248 e. The van der Waals surface area contributed by atoms with E-state index >= 15 is 0 Å². The summed E-state index contributed by atoms with van der Waals surface area (Å²) in [5, 5.41) is 0. The molecule has 0 aromatic rings. The summed E-state index contributed by atoms with van der Waals surface area (Å²) in [7, 11) is 1.52. The SMILES string of the molecule is COCC(=O)N1CCN(C(=O)CC2(CN)CCCCC2)CC1. The van der Waals surface area contributed by atoms with Crippen molar-refractivity contribution in [3.63, 3.8) is 0 Å². The molecule has 0 spiro atoms. The van der Waals surface area contributed by atoms with Gasteiger partial charge in [0.25, 0.3) is 0 Å². The van der Waals surface area contributed by atoms with Crippen LogP contribution in [0.2, 0.25) is 0 Å². The summed E-state index contributed by atoms with van der Waals surface area (Å²) in [5.74, 6) is 0.200. The summed E-state index contributed by atoms with van der Waals surface area (Å²) in [4.78, 5) is 28.0. The minimum absolute atomic E-state index is 0.000285. The number of carbonyl (C=O) groups is 2. The lowest BCUT2D eigenvalue weighted by atomic mass is 9.71. The van der Waals surface area contributed by atoms with Crippen LogP contribution in [0.4, 0.5) is 0 Å². The molecule has 0 atom stereocenters. The van der Waals surface area contributed by atoms with Crippen LogP contribution < -0.4 is 5.73 Å². The van der Waals surface area contributed by atoms with Crippen molar-refractivity contribution in [1.82, 2.24) is 9.80 Å². The molecule has 0 radical (unpaired) electrons. The van der Waals surface area contributed by atoms with E-state index in [9.17, 15) is 9.59 Å². The molecule has 0 bridgehead atoms. The van der Waals surface area contributed by atoms with Crippen LogP contribution in [0.3, 0.4) is 0 Å². The van der Waals surface area contributed by atoms with Crippen molar-refractivity contribution in [3.8, 4) is 0 Å². The number of hydrogen-bond acceptors (Lipinski definition) is 4. The molecule has 6 nitrogen and oxygen atoms in total. The zero-order valence-electron chi connectivity index (χ0n) is 13.7. The third kappa shape index (κ3) is 4.20. The lowest BCUT2D eigenvalue weighted by molar-refractivity contribution is -0.143. The van der Waals surface area contributed by atoms with Gasteiger partial charge in [-0.2, -0.15) is 0 Å². The molecule has 22 heavy (non-hydrogen) atoms. The van der Waals surface area contributed by atoms with Crippen molar-refractivity contribution < 1.29 is 14.3 Å². The Balaban J connectivity index is 1.83. The third-order valence-corrected chi connectivity index (χ3v) is 5.13. The van der Waals surface area contributed by atoms with Crippen molar-refractivity contribution in [2.75, 3.05) is 46.4 Å². The van der Waals surface area contributed by atoms with Crippen LogP contribution in [0.25, 0.3) is 0 Å². The zero-order valence-corrected chi connectivity index (χ0v) is 13.7. The first-order valence-electron chi connectivity index (χ1n) is 8.35. The number of amides is 2. The van der Waals surface area contributed by atoms with Gasteiger partial charge >= 0.3 is 0 Å². The van der Waals surface area contributed by atoms with Crippen LogP contribution in [-0.2, 0) is 14.3 Å². The largest absolute Gasteiger partial charge is 0.375 e. The number of ether oxygens (including phenoxy) is 1. The first kappa shape index (κ1) is 17.2. The van der Waals surface area contributed by atoms with E-state index in [1.165, 1.54) is 26.4 Å². The molecule has 0 aromatic carbocycles. The van der Waals surface area contributed by atoms with E-state index in [0.29, 0.717) is 39.1 Å². The number of nitrogens with two attached hydrogens (primary N) is 1. The highest BCUT2D eigenvalue weighted by atomic mass is 16.5. The van der Waals surface area contributed by atoms with Crippen LogP contribution >= 0.6 is 0 Å². The second-order valence-electron chi connectivity index (χ2n) is 6.64. The van der Waals surface area contributed by atoms with Gasteiger partial charge in [0.2, 0.25) is 11.8 Å². The summed E-state index contributed by atoms with van der Waals surface area (Å²) in [6.07, 6.45) is 6.34. The number of nitrogens with zero attached hydrogens (tertiary/aromatic N) is 2. The fraction of sp³-hybridized carbons (Fsp3) is 0.875.